The van der Waals surface area contributed by atoms with Gasteiger partial charge in [0.2, 0.25) is 0 Å². The molecular weight excluding hydrogens is 356 g/mol. The fourth-order valence-electron chi connectivity index (χ4n) is 2.24. The molecule has 1 amide bonds. The number of esters is 1. The first-order chi connectivity index (χ1) is 13.5. The van der Waals surface area contributed by atoms with Crippen LogP contribution < -0.4 is 16.4 Å². The first kappa shape index (κ1) is 20.7. The molecule has 146 valence electrons. The zero-order chi connectivity index (χ0) is 20.4. The Balaban J connectivity index is 2.17. The molecule has 1 aromatic carbocycles. The monoisotopic (exact) mass is 380 g/mol. The van der Waals surface area contributed by atoms with Crippen LogP contribution in [-0.2, 0) is 4.74 Å². The third kappa shape index (κ3) is 5.98. The second-order valence-electron chi connectivity index (χ2n) is 5.73. The maximum Gasteiger partial charge on any atom is 0.338 e. The van der Waals surface area contributed by atoms with Crippen molar-refractivity contribution in [1.29, 1.82) is 0 Å². The molecule has 2 aromatic rings. The standard InChI is InChI=1S/C21H24N4O3/c1-3-5-8-17(25-20(26)18-9-6-7-14-23-18)19(22)24-16-12-10-15(11-13-16)21(27)28-4-2/h5-14,24H,3-4,22H2,1-2H3,(H,25,26)/b8-5-,19-17-. The summed E-state index contributed by atoms with van der Waals surface area (Å²) in [7, 11) is 0. The minimum atomic E-state index is -0.383. The van der Waals surface area contributed by atoms with Crippen LogP contribution in [-0.4, -0.2) is 23.5 Å². The number of hydrogen-bond acceptors (Lipinski definition) is 6. The van der Waals surface area contributed by atoms with Gasteiger partial charge in [-0.2, -0.15) is 0 Å². The Bertz CT molecular complexity index is 859. The number of nitrogens with zero attached hydrogens (tertiary/aromatic N) is 1. The first-order valence-corrected chi connectivity index (χ1v) is 8.98. The number of aromatic nitrogens is 1. The van der Waals surface area contributed by atoms with Crippen LogP contribution >= 0.6 is 0 Å². The van der Waals surface area contributed by atoms with Crippen molar-refractivity contribution >= 4 is 17.6 Å². The predicted octanol–water partition coefficient (Wildman–Crippen LogP) is 3.19. The van der Waals surface area contributed by atoms with E-state index in [1.54, 1.807) is 61.7 Å². The number of amides is 1. The smallest absolute Gasteiger partial charge is 0.338 e. The summed E-state index contributed by atoms with van der Waals surface area (Å²) in [6.07, 6.45) is 5.94. The lowest BCUT2D eigenvalue weighted by molar-refractivity contribution is 0.0526. The van der Waals surface area contributed by atoms with Crippen molar-refractivity contribution < 1.29 is 14.3 Å². The van der Waals surface area contributed by atoms with Crippen molar-refractivity contribution in [3.8, 4) is 0 Å². The second-order valence-corrected chi connectivity index (χ2v) is 5.73. The van der Waals surface area contributed by atoms with E-state index in [-0.39, 0.29) is 23.4 Å². The van der Waals surface area contributed by atoms with Crippen molar-refractivity contribution in [1.82, 2.24) is 10.3 Å². The van der Waals surface area contributed by atoms with Gasteiger partial charge in [0, 0.05) is 11.9 Å². The number of nitrogens with one attached hydrogen (secondary N) is 2. The highest BCUT2D eigenvalue weighted by atomic mass is 16.5. The highest BCUT2D eigenvalue weighted by Gasteiger charge is 2.11. The van der Waals surface area contributed by atoms with Crippen LogP contribution in [0.25, 0.3) is 0 Å². The number of carbonyl (C=O) groups is 2. The topological polar surface area (TPSA) is 106 Å². The molecule has 0 saturated carbocycles. The van der Waals surface area contributed by atoms with Crippen molar-refractivity contribution in [2.75, 3.05) is 11.9 Å². The Morgan fingerprint density at radius 1 is 1.14 bits per heavy atom. The van der Waals surface area contributed by atoms with Gasteiger partial charge in [0.1, 0.15) is 11.5 Å². The van der Waals surface area contributed by atoms with E-state index in [4.69, 9.17) is 10.5 Å². The number of nitrogens with two attached hydrogens (primary N) is 1. The number of hydrogen-bond donors (Lipinski definition) is 3. The maximum absolute atomic E-state index is 12.4. The highest BCUT2D eigenvalue weighted by Crippen LogP contribution is 2.13. The summed E-state index contributed by atoms with van der Waals surface area (Å²) in [6, 6.07) is 11.8. The Morgan fingerprint density at radius 3 is 2.50 bits per heavy atom. The first-order valence-electron chi connectivity index (χ1n) is 8.98. The largest absolute Gasteiger partial charge is 0.462 e. The lowest BCUT2D eigenvalue weighted by atomic mass is 10.2. The van der Waals surface area contributed by atoms with Gasteiger partial charge in [-0.1, -0.05) is 19.1 Å². The summed E-state index contributed by atoms with van der Waals surface area (Å²) in [4.78, 5) is 28.1. The summed E-state index contributed by atoms with van der Waals surface area (Å²) in [5, 5.41) is 5.79. The summed E-state index contributed by atoms with van der Waals surface area (Å²) in [5.41, 5.74) is 7.98. The van der Waals surface area contributed by atoms with Crippen LogP contribution in [0.2, 0.25) is 0 Å². The van der Waals surface area contributed by atoms with Crippen LogP contribution in [0.15, 0.2) is 72.3 Å². The van der Waals surface area contributed by atoms with Crippen LogP contribution in [0.4, 0.5) is 5.69 Å². The molecule has 0 aliphatic heterocycles. The van der Waals surface area contributed by atoms with E-state index in [1.807, 2.05) is 13.0 Å². The number of carbonyl (C=O) groups excluding carboxylic acids is 2. The Hall–Kier alpha value is -3.61. The molecule has 1 heterocycles. The van der Waals surface area contributed by atoms with Crippen molar-refractivity contribution in [2.24, 2.45) is 5.73 Å². The number of allylic oxidation sites excluding steroid dienone is 2. The molecule has 4 N–H and O–H groups in total. The molecule has 0 saturated heterocycles. The number of pyridine rings is 1. The molecule has 0 fully saturated rings. The van der Waals surface area contributed by atoms with E-state index in [0.717, 1.165) is 6.42 Å². The summed E-state index contributed by atoms with van der Waals surface area (Å²) < 4.78 is 4.96. The molecule has 0 unspecified atom stereocenters. The molecule has 28 heavy (non-hydrogen) atoms. The van der Waals surface area contributed by atoms with Crippen LogP contribution in [0.5, 0.6) is 0 Å². The van der Waals surface area contributed by atoms with Gasteiger partial charge < -0.3 is 21.1 Å². The highest BCUT2D eigenvalue weighted by molar-refractivity contribution is 5.93. The molecule has 1 aromatic heterocycles. The van der Waals surface area contributed by atoms with Crippen LogP contribution in [0, 0.1) is 0 Å². The van der Waals surface area contributed by atoms with Crippen molar-refractivity contribution in [3.05, 3.63) is 83.6 Å². The zero-order valence-corrected chi connectivity index (χ0v) is 15.9. The zero-order valence-electron chi connectivity index (χ0n) is 15.9. The Labute approximate surface area is 164 Å². The maximum atomic E-state index is 12.4. The fourth-order valence-corrected chi connectivity index (χ4v) is 2.24. The molecular formula is C21H24N4O3. The van der Waals surface area contributed by atoms with Gasteiger partial charge in [-0.25, -0.2) is 4.79 Å². The molecule has 7 nitrogen and oxygen atoms in total. The average Bonchev–Trinajstić information content (AvgIpc) is 2.72. The van der Waals surface area contributed by atoms with Gasteiger partial charge in [0.05, 0.1) is 17.9 Å². The van der Waals surface area contributed by atoms with Gasteiger partial charge in [0.15, 0.2) is 0 Å². The van der Waals surface area contributed by atoms with Gasteiger partial charge in [-0.05, 0) is 55.8 Å². The third-order valence-electron chi connectivity index (χ3n) is 3.63. The normalized spacial score (nSPS) is 11.6. The number of anilines is 1. The van der Waals surface area contributed by atoms with E-state index in [1.165, 1.54) is 0 Å². The van der Waals surface area contributed by atoms with E-state index >= 15 is 0 Å². The summed E-state index contributed by atoms with van der Waals surface area (Å²) in [6.45, 7) is 4.05. The predicted molar refractivity (Wildman–Crippen MR) is 108 cm³/mol. The van der Waals surface area contributed by atoms with Crippen LogP contribution in [0.3, 0.4) is 0 Å². The van der Waals surface area contributed by atoms with Gasteiger partial charge in [-0.15, -0.1) is 0 Å². The quantitative estimate of drug-likeness (QED) is 0.480. The molecule has 0 aliphatic rings. The Morgan fingerprint density at radius 2 is 1.89 bits per heavy atom. The SMILES string of the molecule is CC/C=C\C(NC(=O)c1ccccn1)=C(/N)Nc1ccc(C(=O)OCC)cc1. The average molecular weight is 380 g/mol. The van der Waals surface area contributed by atoms with E-state index < -0.39 is 0 Å². The number of rotatable bonds is 8. The second kappa shape index (κ2) is 10.5. The molecule has 0 atom stereocenters. The molecule has 0 bridgehead atoms. The van der Waals surface area contributed by atoms with E-state index in [0.29, 0.717) is 23.6 Å². The van der Waals surface area contributed by atoms with Gasteiger partial charge in [-0.3, -0.25) is 9.78 Å². The third-order valence-corrected chi connectivity index (χ3v) is 3.63. The Kier molecular flexibility index (Phi) is 7.77. The summed E-state index contributed by atoms with van der Waals surface area (Å²) >= 11 is 0. The molecule has 7 heteroatoms. The minimum absolute atomic E-state index is 0.262. The lowest BCUT2D eigenvalue weighted by Crippen LogP contribution is -2.27. The summed E-state index contributed by atoms with van der Waals surface area (Å²) in [5.74, 6) is -0.483. The van der Waals surface area contributed by atoms with E-state index in [9.17, 15) is 9.59 Å². The minimum Gasteiger partial charge on any atom is -0.462 e. The lowest BCUT2D eigenvalue weighted by Gasteiger charge is -2.13. The van der Waals surface area contributed by atoms with Gasteiger partial charge >= 0.3 is 5.97 Å². The molecule has 0 radical (unpaired) electrons. The van der Waals surface area contributed by atoms with E-state index in [2.05, 4.69) is 15.6 Å². The number of ether oxygens (including phenoxy) is 1. The van der Waals surface area contributed by atoms with Gasteiger partial charge in [0.25, 0.3) is 5.91 Å². The van der Waals surface area contributed by atoms with Crippen LogP contribution in [0.1, 0.15) is 41.1 Å². The molecule has 0 aliphatic carbocycles. The van der Waals surface area contributed by atoms with Crippen molar-refractivity contribution in [2.45, 2.75) is 20.3 Å². The van der Waals surface area contributed by atoms with Crippen molar-refractivity contribution in [3.63, 3.8) is 0 Å². The number of benzene rings is 1. The fraction of sp³-hybridized carbons (Fsp3) is 0.190. The molecule has 2 rings (SSSR count). The molecule has 0 spiro atoms.